The summed E-state index contributed by atoms with van der Waals surface area (Å²) >= 11 is 0. The van der Waals surface area contributed by atoms with E-state index in [4.69, 9.17) is 29.1 Å². The first kappa shape index (κ1) is 34.5. The monoisotopic (exact) mass is 606 g/mol. The van der Waals surface area contributed by atoms with Crippen LogP contribution in [0.2, 0.25) is 111 Å². The second-order valence-corrected chi connectivity index (χ2v) is 44.3. The standard InChI is InChI=1S/C18H54O7Si8/c1-26(2)18-19-31(15,16)24-32(17,20-27(3,4)5)25-33(21-28(6,7)8,22-29(9,10)11)23-30(12,13)14/h26H,18H2,1-17H3. The molecular formula is C18H54O7Si8. The smallest absolute Gasteiger partial charge is 0.417 e. The summed E-state index contributed by atoms with van der Waals surface area (Å²) in [6, 6.07) is 0. The van der Waals surface area contributed by atoms with Crippen LogP contribution >= 0.6 is 0 Å². The van der Waals surface area contributed by atoms with Crippen molar-refractivity contribution in [1.82, 2.24) is 0 Å². The molecule has 0 saturated carbocycles. The second-order valence-electron chi connectivity index (χ2n) is 13.5. The van der Waals surface area contributed by atoms with Crippen LogP contribution in [0.25, 0.3) is 0 Å². The number of rotatable bonds is 15. The highest BCUT2D eigenvalue weighted by Gasteiger charge is 2.61. The van der Waals surface area contributed by atoms with E-state index in [1.54, 1.807) is 0 Å². The minimum absolute atomic E-state index is 0.779. The molecule has 0 N–H and O–H groups in total. The fraction of sp³-hybridized carbons (Fsp3) is 1.00. The van der Waals surface area contributed by atoms with E-state index >= 15 is 0 Å². The molecule has 0 heterocycles. The van der Waals surface area contributed by atoms with Crippen molar-refractivity contribution in [1.29, 1.82) is 0 Å². The third-order valence-corrected chi connectivity index (χ3v) is 25.5. The fourth-order valence-electron chi connectivity index (χ4n) is 2.94. The first-order chi connectivity index (χ1) is 14.2. The van der Waals surface area contributed by atoms with E-state index in [0.717, 1.165) is 6.23 Å². The largest absolute Gasteiger partial charge is 0.640 e. The zero-order valence-corrected chi connectivity index (χ0v) is 32.8. The van der Waals surface area contributed by atoms with Crippen LogP contribution in [0.3, 0.4) is 0 Å². The predicted molar refractivity (Wildman–Crippen MR) is 160 cm³/mol. The number of hydrogen-bond donors (Lipinski definition) is 0. The van der Waals surface area contributed by atoms with Crippen molar-refractivity contribution in [3.05, 3.63) is 0 Å². The van der Waals surface area contributed by atoms with Gasteiger partial charge in [-0.05, 0) is 91.7 Å². The summed E-state index contributed by atoms with van der Waals surface area (Å²) in [7, 11) is -18.6. The summed E-state index contributed by atoms with van der Waals surface area (Å²) in [6.45, 7) is 36.5. The van der Waals surface area contributed by atoms with Gasteiger partial charge in [-0.25, -0.2) is 0 Å². The van der Waals surface area contributed by atoms with E-state index in [1.165, 1.54) is 0 Å². The van der Waals surface area contributed by atoms with Gasteiger partial charge < -0.3 is 29.1 Å². The summed E-state index contributed by atoms with van der Waals surface area (Å²) in [6.07, 6.45) is 0.779. The molecule has 0 aliphatic rings. The molecule has 0 aromatic rings. The molecule has 0 saturated heterocycles. The molecule has 0 rings (SSSR count). The summed E-state index contributed by atoms with van der Waals surface area (Å²) in [5.41, 5.74) is 0. The molecule has 0 aromatic heterocycles. The average molecular weight is 607 g/mol. The van der Waals surface area contributed by atoms with Crippen LogP contribution in [-0.2, 0) is 29.1 Å². The summed E-state index contributed by atoms with van der Waals surface area (Å²) in [5.74, 6) is 0. The average Bonchev–Trinajstić information content (AvgIpc) is 2.34. The van der Waals surface area contributed by atoms with Gasteiger partial charge in [-0.1, -0.05) is 13.1 Å². The molecule has 200 valence electrons. The Hall–Kier alpha value is 1.46. The maximum Gasteiger partial charge on any atom is 0.640 e. The lowest BCUT2D eigenvalue weighted by atomic mass is 11.7. The zero-order chi connectivity index (χ0) is 26.7. The molecule has 1 unspecified atom stereocenters. The Kier molecular flexibility index (Phi) is 12.4. The molecule has 0 aliphatic carbocycles. The van der Waals surface area contributed by atoms with E-state index in [1.807, 2.05) is 6.55 Å². The molecular weight excluding hydrogens is 553 g/mol. The van der Waals surface area contributed by atoms with E-state index in [-0.39, 0.29) is 0 Å². The Morgan fingerprint density at radius 1 is 0.455 bits per heavy atom. The van der Waals surface area contributed by atoms with Crippen LogP contribution < -0.4 is 0 Å². The topological polar surface area (TPSA) is 64.6 Å². The van der Waals surface area contributed by atoms with Gasteiger partial charge in [0.15, 0.2) is 33.3 Å². The Morgan fingerprint density at radius 3 is 1.06 bits per heavy atom. The van der Waals surface area contributed by atoms with Crippen molar-refractivity contribution in [2.24, 2.45) is 0 Å². The van der Waals surface area contributed by atoms with Crippen LogP contribution in [0.5, 0.6) is 0 Å². The minimum Gasteiger partial charge on any atom is -0.417 e. The first-order valence-corrected chi connectivity index (χ1v) is 35.4. The number of hydrogen-bond acceptors (Lipinski definition) is 7. The van der Waals surface area contributed by atoms with Gasteiger partial charge in [0.1, 0.15) is 0 Å². The van der Waals surface area contributed by atoms with Crippen molar-refractivity contribution >= 4 is 68.5 Å². The molecule has 0 aromatic carbocycles. The summed E-state index contributed by atoms with van der Waals surface area (Å²) < 4.78 is 47.0. The SMILES string of the molecule is C[SiH](C)CO[Si](C)(C)O[Si](C)(O[Si](C)(C)C)O[Si](O[Si](C)(C)C)(O[Si](C)(C)C)O[Si](C)(C)C. The highest BCUT2D eigenvalue weighted by molar-refractivity contribution is 6.92. The Labute approximate surface area is 214 Å². The van der Waals surface area contributed by atoms with Gasteiger partial charge in [-0.15, -0.1) is 0 Å². The zero-order valence-electron chi connectivity index (χ0n) is 24.6. The van der Waals surface area contributed by atoms with Gasteiger partial charge in [-0.2, -0.15) is 0 Å². The van der Waals surface area contributed by atoms with Gasteiger partial charge in [-0.3, -0.25) is 0 Å². The lowest BCUT2D eigenvalue weighted by molar-refractivity contribution is 0.103. The van der Waals surface area contributed by atoms with E-state index in [2.05, 4.69) is 105 Å². The predicted octanol–water partition coefficient (Wildman–Crippen LogP) is 6.17. The molecule has 0 spiro atoms. The Bertz CT molecular complexity index is 568. The summed E-state index contributed by atoms with van der Waals surface area (Å²) in [5, 5.41) is 0. The maximum atomic E-state index is 6.94. The van der Waals surface area contributed by atoms with Gasteiger partial charge in [0.25, 0.3) is 0 Å². The van der Waals surface area contributed by atoms with Crippen LogP contribution in [-0.4, -0.2) is 74.7 Å². The quantitative estimate of drug-likeness (QED) is 0.206. The molecule has 15 heteroatoms. The molecule has 33 heavy (non-hydrogen) atoms. The van der Waals surface area contributed by atoms with E-state index in [0.29, 0.717) is 0 Å². The van der Waals surface area contributed by atoms with E-state index < -0.39 is 68.5 Å². The van der Waals surface area contributed by atoms with Crippen molar-refractivity contribution in [3.63, 3.8) is 0 Å². The summed E-state index contributed by atoms with van der Waals surface area (Å²) in [4.78, 5) is 0. The van der Waals surface area contributed by atoms with E-state index in [9.17, 15) is 0 Å². The van der Waals surface area contributed by atoms with Crippen molar-refractivity contribution in [2.75, 3.05) is 6.23 Å². The van der Waals surface area contributed by atoms with Crippen molar-refractivity contribution < 1.29 is 29.1 Å². The van der Waals surface area contributed by atoms with Gasteiger partial charge in [0.05, 0.1) is 8.80 Å². The fourth-order valence-corrected chi connectivity index (χ4v) is 29.8. The van der Waals surface area contributed by atoms with Gasteiger partial charge in [0, 0.05) is 12.8 Å². The van der Waals surface area contributed by atoms with Gasteiger partial charge >= 0.3 is 26.4 Å². The first-order valence-electron chi connectivity index (χ1n) is 12.0. The lowest BCUT2D eigenvalue weighted by Gasteiger charge is -2.46. The van der Waals surface area contributed by atoms with Gasteiger partial charge in [0.2, 0.25) is 0 Å². The van der Waals surface area contributed by atoms with Crippen molar-refractivity contribution in [2.45, 2.75) is 111 Å². The minimum atomic E-state index is -3.59. The molecule has 0 aliphatic heterocycles. The Morgan fingerprint density at radius 2 is 0.788 bits per heavy atom. The van der Waals surface area contributed by atoms with Crippen LogP contribution in [0.1, 0.15) is 0 Å². The highest BCUT2D eigenvalue weighted by atomic mass is 28.6. The highest BCUT2D eigenvalue weighted by Crippen LogP contribution is 2.33. The van der Waals surface area contributed by atoms with Crippen LogP contribution in [0.15, 0.2) is 0 Å². The third kappa shape index (κ3) is 17.5. The van der Waals surface area contributed by atoms with Crippen LogP contribution in [0, 0.1) is 0 Å². The molecule has 0 radical (unpaired) electrons. The molecule has 1 atom stereocenters. The van der Waals surface area contributed by atoms with Crippen molar-refractivity contribution in [3.8, 4) is 0 Å². The molecule has 0 fully saturated rings. The normalized spacial score (nSPS) is 16.9. The molecule has 0 amide bonds. The lowest BCUT2D eigenvalue weighted by Crippen LogP contribution is -2.69. The second kappa shape index (κ2) is 11.9. The molecule has 0 bridgehead atoms. The maximum absolute atomic E-state index is 6.94. The van der Waals surface area contributed by atoms with Crippen LogP contribution in [0.4, 0.5) is 0 Å². The third-order valence-electron chi connectivity index (χ3n) is 3.29. The Balaban J connectivity index is 6.53. The molecule has 7 nitrogen and oxygen atoms in total.